The molecule has 3 aromatic rings. The van der Waals surface area contributed by atoms with Gasteiger partial charge in [0.25, 0.3) is 5.56 Å². The van der Waals surface area contributed by atoms with Crippen molar-refractivity contribution in [2.24, 2.45) is 14.1 Å². The predicted molar refractivity (Wildman–Crippen MR) is 102 cm³/mol. The summed E-state index contributed by atoms with van der Waals surface area (Å²) < 4.78 is 4.28. The van der Waals surface area contributed by atoms with Crippen LogP contribution in [0.25, 0.3) is 11.2 Å². The van der Waals surface area contributed by atoms with Gasteiger partial charge in [-0.1, -0.05) is 30.3 Å². The van der Waals surface area contributed by atoms with Gasteiger partial charge in [-0.2, -0.15) is 0 Å². The van der Waals surface area contributed by atoms with Crippen LogP contribution >= 0.6 is 0 Å². The summed E-state index contributed by atoms with van der Waals surface area (Å²) in [6.07, 6.45) is 1.89. The van der Waals surface area contributed by atoms with Gasteiger partial charge in [0, 0.05) is 27.1 Å². The zero-order valence-electron chi connectivity index (χ0n) is 16.2. The van der Waals surface area contributed by atoms with Crippen LogP contribution in [-0.4, -0.2) is 36.4 Å². The van der Waals surface area contributed by atoms with Crippen molar-refractivity contribution in [3.63, 3.8) is 0 Å². The molecule has 0 radical (unpaired) electrons. The lowest BCUT2D eigenvalue weighted by Crippen LogP contribution is -3.00. The molecule has 2 atom stereocenters. The molecular formula is C19H26ClN5O3. The third kappa shape index (κ3) is 4.19. The molecule has 0 fully saturated rings. The highest BCUT2D eigenvalue weighted by molar-refractivity contribution is 5.69. The van der Waals surface area contributed by atoms with Crippen LogP contribution in [0.2, 0.25) is 0 Å². The Hall–Kier alpha value is -2.42. The molecule has 0 saturated heterocycles. The van der Waals surface area contributed by atoms with E-state index in [-0.39, 0.29) is 29.7 Å². The fourth-order valence-corrected chi connectivity index (χ4v) is 3.29. The third-order valence-electron chi connectivity index (χ3n) is 5.00. The second-order valence-electron chi connectivity index (χ2n) is 6.91. The maximum absolute atomic E-state index is 12.4. The smallest absolute Gasteiger partial charge is 0.332 e. The Bertz CT molecular complexity index is 1040. The van der Waals surface area contributed by atoms with E-state index in [2.05, 4.69) is 10.3 Å². The Balaban J connectivity index is 0.00000280. The van der Waals surface area contributed by atoms with Crippen molar-refractivity contribution in [2.45, 2.75) is 32.0 Å². The molecule has 0 aliphatic carbocycles. The molecule has 2 aromatic heterocycles. The number of rotatable bonds is 7. The van der Waals surface area contributed by atoms with Crippen LogP contribution in [0.1, 0.15) is 25.0 Å². The molecule has 3 rings (SSSR count). The first-order valence-electron chi connectivity index (χ1n) is 9.09. The lowest BCUT2D eigenvalue weighted by atomic mass is 10.0. The first-order chi connectivity index (χ1) is 12.9. The van der Waals surface area contributed by atoms with E-state index in [1.165, 1.54) is 11.6 Å². The largest absolute Gasteiger partial charge is 1.00 e. The van der Waals surface area contributed by atoms with E-state index in [9.17, 15) is 14.7 Å². The van der Waals surface area contributed by atoms with Gasteiger partial charge in [0.05, 0.1) is 12.9 Å². The molecule has 0 spiro atoms. The summed E-state index contributed by atoms with van der Waals surface area (Å²) in [6, 6.07) is 9.65. The second-order valence-corrected chi connectivity index (χ2v) is 6.91. The Kier molecular flexibility index (Phi) is 7.17. The van der Waals surface area contributed by atoms with Crippen molar-refractivity contribution in [1.82, 2.24) is 18.7 Å². The topological polar surface area (TPSA) is 98.7 Å². The molecule has 28 heavy (non-hydrogen) atoms. The summed E-state index contributed by atoms with van der Waals surface area (Å²) in [5.74, 6) is 0. The molecule has 0 saturated carbocycles. The van der Waals surface area contributed by atoms with Crippen LogP contribution in [0.3, 0.4) is 0 Å². The van der Waals surface area contributed by atoms with Gasteiger partial charge in [0.2, 0.25) is 0 Å². The Morgan fingerprint density at radius 3 is 2.50 bits per heavy atom. The standard InChI is InChI=1S/C19H25N5O3.ClH/c1-13(16(25)14-8-5-4-6-9-14)20-10-7-11-24-12-21-17-15(24)18(26)23(3)19(27)22(17)2;/h4-6,8-9,12-13,16,20,25H,7,10-11H2,1-3H3;1H. The summed E-state index contributed by atoms with van der Waals surface area (Å²) in [7, 11) is 3.09. The summed E-state index contributed by atoms with van der Waals surface area (Å²) in [5.41, 5.74) is 1.04. The number of benzene rings is 1. The number of nitrogens with two attached hydrogens (primary N) is 1. The molecule has 3 N–H and O–H groups in total. The molecule has 0 aliphatic heterocycles. The van der Waals surface area contributed by atoms with Crippen LogP contribution in [0.15, 0.2) is 46.2 Å². The lowest BCUT2D eigenvalue weighted by Gasteiger charge is -2.17. The molecule has 8 nitrogen and oxygen atoms in total. The minimum absolute atomic E-state index is 0. The van der Waals surface area contributed by atoms with Crippen LogP contribution in [-0.2, 0) is 20.6 Å². The SMILES string of the molecule is CC([NH2+]CCCn1cnc2c1c(=O)n(C)c(=O)n2C)C(O)c1ccccc1.[Cl-]. The summed E-state index contributed by atoms with van der Waals surface area (Å²) in [5, 5.41) is 12.5. The normalized spacial score (nSPS) is 13.3. The predicted octanol–water partition coefficient (Wildman–Crippen LogP) is -3.49. The zero-order valence-corrected chi connectivity index (χ0v) is 17.0. The average molecular weight is 408 g/mol. The molecule has 0 aliphatic rings. The zero-order chi connectivity index (χ0) is 19.6. The fourth-order valence-electron chi connectivity index (χ4n) is 3.29. The number of aryl methyl sites for hydroxylation is 2. The number of aliphatic hydroxyl groups is 1. The molecule has 0 bridgehead atoms. The van der Waals surface area contributed by atoms with Crippen LogP contribution in [0, 0.1) is 0 Å². The van der Waals surface area contributed by atoms with Gasteiger partial charge >= 0.3 is 5.69 Å². The van der Waals surface area contributed by atoms with Crippen molar-refractivity contribution >= 4 is 11.2 Å². The summed E-state index contributed by atoms with van der Waals surface area (Å²) in [6.45, 7) is 3.42. The molecular weight excluding hydrogens is 382 g/mol. The van der Waals surface area contributed by atoms with E-state index >= 15 is 0 Å². The van der Waals surface area contributed by atoms with E-state index in [1.54, 1.807) is 17.9 Å². The van der Waals surface area contributed by atoms with Crippen molar-refractivity contribution in [3.8, 4) is 0 Å². The van der Waals surface area contributed by atoms with Gasteiger partial charge in [0.15, 0.2) is 11.2 Å². The summed E-state index contributed by atoms with van der Waals surface area (Å²) >= 11 is 0. The Morgan fingerprint density at radius 2 is 1.82 bits per heavy atom. The fraction of sp³-hybridized carbons (Fsp3) is 0.421. The second kappa shape index (κ2) is 9.18. The number of nitrogens with zero attached hydrogens (tertiary/aromatic N) is 4. The van der Waals surface area contributed by atoms with Crippen molar-refractivity contribution in [2.75, 3.05) is 6.54 Å². The molecule has 2 unspecified atom stereocenters. The van der Waals surface area contributed by atoms with E-state index in [4.69, 9.17) is 0 Å². The quantitative estimate of drug-likeness (QED) is 0.397. The summed E-state index contributed by atoms with van der Waals surface area (Å²) in [4.78, 5) is 28.6. The number of halogens is 1. The van der Waals surface area contributed by atoms with E-state index in [0.717, 1.165) is 23.1 Å². The van der Waals surface area contributed by atoms with Gasteiger partial charge in [0.1, 0.15) is 12.1 Å². The Morgan fingerprint density at radius 1 is 1.14 bits per heavy atom. The number of fused-ring (bicyclic) bond motifs is 1. The van der Waals surface area contributed by atoms with Crippen molar-refractivity contribution in [1.29, 1.82) is 0 Å². The number of hydrogen-bond acceptors (Lipinski definition) is 4. The van der Waals surface area contributed by atoms with Gasteiger partial charge < -0.3 is 27.4 Å². The van der Waals surface area contributed by atoms with Crippen molar-refractivity contribution in [3.05, 3.63) is 63.1 Å². The number of aliphatic hydroxyl groups excluding tert-OH is 1. The third-order valence-corrected chi connectivity index (χ3v) is 5.00. The highest BCUT2D eigenvalue weighted by Crippen LogP contribution is 2.13. The highest BCUT2D eigenvalue weighted by atomic mass is 35.5. The first-order valence-corrected chi connectivity index (χ1v) is 9.09. The maximum atomic E-state index is 12.4. The van der Waals surface area contributed by atoms with E-state index in [0.29, 0.717) is 17.7 Å². The van der Waals surface area contributed by atoms with E-state index < -0.39 is 6.10 Å². The minimum atomic E-state index is -0.526. The minimum Gasteiger partial charge on any atom is -1.00 e. The van der Waals surface area contributed by atoms with Crippen molar-refractivity contribution < 1.29 is 22.8 Å². The molecule has 2 heterocycles. The molecule has 1 aromatic carbocycles. The first kappa shape index (κ1) is 21.9. The monoisotopic (exact) mass is 407 g/mol. The number of hydrogen-bond donors (Lipinski definition) is 2. The molecule has 0 amide bonds. The Labute approximate surface area is 168 Å². The number of aromatic nitrogens is 4. The van der Waals surface area contributed by atoms with Crippen LogP contribution in [0.4, 0.5) is 0 Å². The van der Waals surface area contributed by atoms with Crippen LogP contribution < -0.4 is 29.0 Å². The number of quaternary nitrogens is 1. The highest BCUT2D eigenvalue weighted by Gasteiger charge is 2.19. The number of imidazole rings is 1. The lowest BCUT2D eigenvalue weighted by molar-refractivity contribution is -0.694. The maximum Gasteiger partial charge on any atom is 0.332 e. The molecule has 9 heteroatoms. The van der Waals surface area contributed by atoms with Gasteiger partial charge in [-0.05, 0) is 12.5 Å². The van der Waals surface area contributed by atoms with Gasteiger partial charge in [-0.3, -0.25) is 13.9 Å². The van der Waals surface area contributed by atoms with E-state index in [1.807, 2.05) is 37.3 Å². The van der Waals surface area contributed by atoms with Gasteiger partial charge in [-0.15, -0.1) is 0 Å². The average Bonchev–Trinajstić information content (AvgIpc) is 3.12. The molecule has 152 valence electrons. The van der Waals surface area contributed by atoms with Crippen LogP contribution in [0.5, 0.6) is 0 Å². The van der Waals surface area contributed by atoms with Gasteiger partial charge in [-0.25, -0.2) is 9.78 Å².